The molecule has 2 amide bonds. The highest BCUT2D eigenvalue weighted by Crippen LogP contribution is 2.43. The summed E-state index contributed by atoms with van der Waals surface area (Å²) in [5, 5.41) is 18.7. The lowest BCUT2D eigenvalue weighted by molar-refractivity contribution is -0.151. The Hall–Kier alpha value is -0.830. The van der Waals surface area contributed by atoms with Crippen molar-refractivity contribution in [1.82, 2.24) is 9.80 Å². The molecule has 0 aromatic carbocycles. The molecule has 2 aliphatic rings. The first-order valence-corrected chi connectivity index (χ1v) is 8.10. The van der Waals surface area contributed by atoms with Crippen LogP contribution < -0.4 is 5.73 Å². The predicted octanol–water partition coefficient (Wildman–Crippen LogP) is -1.42. The van der Waals surface area contributed by atoms with Gasteiger partial charge in [0.1, 0.15) is 10.9 Å². The summed E-state index contributed by atoms with van der Waals surface area (Å²) in [6.45, 7) is 4.58. The largest absolute Gasteiger partial charge is 0.393 e. The monoisotopic (exact) mass is 317 g/mol. The summed E-state index contributed by atoms with van der Waals surface area (Å²) in [4.78, 5) is 27.2. The maximum Gasteiger partial charge on any atom is 0.243 e. The Balaban J connectivity index is 1.98. The molecule has 0 aliphatic carbocycles. The minimum absolute atomic E-state index is 0.0991. The Bertz CT molecular complexity index is 424. The Morgan fingerprint density at radius 3 is 2.48 bits per heavy atom. The number of nitrogens with two attached hydrogens (primary N) is 1. The molecule has 2 rings (SSSR count). The summed E-state index contributed by atoms with van der Waals surface area (Å²) in [5.41, 5.74) is 5.74. The van der Waals surface area contributed by atoms with Crippen LogP contribution in [0.3, 0.4) is 0 Å². The molecule has 3 atom stereocenters. The number of amides is 2. The van der Waals surface area contributed by atoms with Crippen molar-refractivity contribution in [1.29, 1.82) is 0 Å². The van der Waals surface area contributed by atoms with Gasteiger partial charge >= 0.3 is 0 Å². The molecule has 0 bridgehead atoms. The number of aliphatic hydroxyl groups excluding tert-OH is 2. The summed E-state index contributed by atoms with van der Waals surface area (Å²) in [6.07, 6.45) is -1.46. The maximum absolute atomic E-state index is 12.3. The van der Waals surface area contributed by atoms with Gasteiger partial charge in [0.15, 0.2) is 0 Å². The smallest absolute Gasteiger partial charge is 0.243 e. The topological polar surface area (TPSA) is 107 Å². The lowest BCUT2D eigenvalue weighted by Gasteiger charge is -2.52. The van der Waals surface area contributed by atoms with Crippen LogP contribution in [0.25, 0.3) is 0 Å². The molecule has 21 heavy (non-hydrogen) atoms. The van der Waals surface area contributed by atoms with Gasteiger partial charge in [0.25, 0.3) is 0 Å². The van der Waals surface area contributed by atoms with Gasteiger partial charge in [-0.1, -0.05) is 0 Å². The SMILES string of the molecule is C[C@@H](O)CC(=O)N1CC2(C1)SCCN2C(=O)[C@@H](N)[C@@H](C)O. The number of rotatable bonds is 4. The van der Waals surface area contributed by atoms with Crippen LogP contribution in [0.5, 0.6) is 0 Å². The summed E-state index contributed by atoms with van der Waals surface area (Å²) in [5.74, 6) is 0.435. The molecule has 2 fully saturated rings. The van der Waals surface area contributed by atoms with Crippen molar-refractivity contribution in [3.8, 4) is 0 Å². The first-order valence-electron chi connectivity index (χ1n) is 7.12. The second-order valence-electron chi connectivity index (χ2n) is 5.85. The lowest BCUT2D eigenvalue weighted by Crippen LogP contribution is -2.70. The van der Waals surface area contributed by atoms with E-state index in [1.807, 2.05) is 0 Å². The van der Waals surface area contributed by atoms with E-state index in [2.05, 4.69) is 0 Å². The van der Waals surface area contributed by atoms with Crippen molar-refractivity contribution in [2.45, 2.75) is 43.4 Å². The van der Waals surface area contributed by atoms with Gasteiger partial charge in [0, 0.05) is 12.3 Å². The predicted molar refractivity (Wildman–Crippen MR) is 79.4 cm³/mol. The average Bonchev–Trinajstić information content (AvgIpc) is 2.78. The normalized spacial score (nSPS) is 24.6. The van der Waals surface area contributed by atoms with Crippen LogP contribution in [0.4, 0.5) is 0 Å². The third-order valence-corrected chi connectivity index (χ3v) is 5.35. The van der Waals surface area contributed by atoms with Crippen LogP contribution in [-0.4, -0.2) is 80.3 Å². The average molecular weight is 317 g/mol. The minimum Gasteiger partial charge on any atom is -0.393 e. The first kappa shape index (κ1) is 16.5. The molecule has 0 unspecified atom stereocenters. The summed E-state index contributed by atoms with van der Waals surface area (Å²) in [6, 6.07) is -0.928. The highest BCUT2D eigenvalue weighted by molar-refractivity contribution is 8.01. The van der Waals surface area contributed by atoms with Crippen LogP contribution >= 0.6 is 11.8 Å². The highest BCUT2D eigenvalue weighted by Gasteiger charge is 2.55. The van der Waals surface area contributed by atoms with Gasteiger partial charge in [-0.2, -0.15) is 0 Å². The van der Waals surface area contributed by atoms with Crippen LogP contribution in [0, 0.1) is 0 Å². The van der Waals surface area contributed by atoms with E-state index in [-0.39, 0.29) is 18.2 Å². The fraction of sp³-hybridized carbons (Fsp3) is 0.846. The van der Waals surface area contributed by atoms with E-state index in [1.165, 1.54) is 6.92 Å². The first-order chi connectivity index (χ1) is 9.77. The Morgan fingerprint density at radius 1 is 1.33 bits per heavy atom. The van der Waals surface area contributed by atoms with Crippen LogP contribution in [-0.2, 0) is 9.59 Å². The molecule has 0 radical (unpaired) electrons. The van der Waals surface area contributed by atoms with Gasteiger partial charge in [-0.05, 0) is 13.8 Å². The second-order valence-corrected chi connectivity index (χ2v) is 7.31. The number of carbonyl (C=O) groups excluding carboxylic acids is 2. The van der Waals surface area contributed by atoms with Crippen molar-refractivity contribution >= 4 is 23.6 Å². The molecule has 7 nitrogen and oxygen atoms in total. The number of aliphatic hydroxyl groups is 2. The van der Waals surface area contributed by atoms with Crippen molar-refractivity contribution in [2.75, 3.05) is 25.4 Å². The fourth-order valence-electron chi connectivity index (χ4n) is 2.68. The molecular weight excluding hydrogens is 294 g/mol. The van der Waals surface area contributed by atoms with E-state index < -0.39 is 23.1 Å². The van der Waals surface area contributed by atoms with Crippen LogP contribution in [0.2, 0.25) is 0 Å². The summed E-state index contributed by atoms with van der Waals surface area (Å²) < 4.78 is 0. The summed E-state index contributed by atoms with van der Waals surface area (Å²) >= 11 is 1.65. The number of thioether (sulfide) groups is 1. The molecule has 0 aromatic rings. The maximum atomic E-state index is 12.3. The van der Waals surface area contributed by atoms with Crippen molar-refractivity contribution < 1.29 is 19.8 Å². The van der Waals surface area contributed by atoms with Gasteiger partial charge in [0.05, 0.1) is 31.7 Å². The van der Waals surface area contributed by atoms with E-state index in [0.29, 0.717) is 19.6 Å². The Labute approximate surface area is 128 Å². The molecular formula is C13H23N3O4S. The van der Waals surface area contributed by atoms with Crippen molar-refractivity contribution in [3.63, 3.8) is 0 Å². The number of hydrogen-bond donors (Lipinski definition) is 3. The number of likely N-dealkylation sites (tertiary alicyclic amines) is 1. The lowest BCUT2D eigenvalue weighted by atomic mass is 10.0. The molecule has 2 aliphatic heterocycles. The van der Waals surface area contributed by atoms with E-state index >= 15 is 0 Å². The van der Waals surface area contributed by atoms with Crippen LogP contribution in [0.15, 0.2) is 0 Å². The van der Waals surface area contributed by atoms with E-state index in [0.717, 1.165) is 5.75 Å². The minimum atomic E-state index is -0.928. The molecule has 120 valence electrons. The number of nitrogens with zero attached hydrogens (tertiary/aromatic N) is 2. The zero-order valence-electron chi connectivity index (χ0n) is 12.4. The van der Waals surface area contributed by atoms with Gasteiger partial charge in [0.2, 0.25) is 11.8 Å². The number of carbonyl (C=O) groups is 2. The van der Waals surface area contributed by atoms with Crippen molar-refractivity contribution in [3.05, 3.63) is 0 Å². The molecule has 2 heterocycles. The van der Waals surface area contributed by atoms with Gasteiger partial charge < -0.3 is 25.7 Å². The van der Waals surface area contributed by atoms with Gasteiger partial charge in [-0.3, -0.25) is 9.59 Å². The molecule has 4 N–H and O–H groups in total. The summed E-state index contributed by atoms with van der Waals surface area (Å²) in [7, 11) is 0. The molecule has 1 spiro atoms. The molecule has 0 aromatic heterocycles. The zero-order chi connectivity index (χ0) is 15.8. The number of hydrogen-bond acceptors (Lipinski definition) is 6. The quantitative estimate of drug-likeness (QED) is 0.587. The third kappa shape index (κ3) is 3.18. The van der Waals surface area contributed by atoms with Crippen molar-refractivity contribution in [2.24, 2.45) is 5.73 Å². The zero-order valence-corrected chi connectivity index (χ0v) is 13.2. The Kier molecular flexibility index (Phi) is 4.82. The van der Waals surface area contributed by atoms with Crippen LogP contribution in [0.1, 0.15) is 20.3 Å². The van der Waals surface area contributed by atoms with Gasteiger partial charge in [-0.15, -0.1) is 11.8 Å². The van der Waals surface area contributed by atoms with E-state index in [1.54, 1.807) is 28.5 Å². The molecule has 2 saturated heterocycles. The van der Waals surface area contributed by atoms with Gasteiger partial charge in [-0.25, -0.2) is 0 Å². The second kappa shape index (κ2) is 6.12. The molecule has 0 saturated carbocycles. The standard InChI is InChI=1S/C13H23N3O4S/c1-8(17)5-10(19)15-6-13(7-15)16(3-4-21-13)12(20)11(14)9(2)18/h8-9,11,17-18H,3-7,14H2,1-2H3/t8-,9-,11+/m1/s1. The highest BCUT2D eigenvalue weighted by atomic mass is 32.2. The molecule has 8 heteroatoms. The Morgan fingerprint density at radius 2 is 1.95 bits per heavy atom. The third-order valence-electron chi connectivity index (χ3n) is 3.95. The fourth-order valence-corrected chi connectivity index (χ4v) is 4.16. The van der Waals surface area contributed by atoms with E-state index in [4.69, 9.17) is 5.73 Å². The van der Waals surface area contributed by atoms with E-state index in [9.17, 15) is 19.8 Å².